The van der Waals surface area contributed by atoms with Crippen LogP contribution in [0.15, 0.2) is 30.7 Å². The van der Waals surface area contributed by atoms with Gasteiger partial charge in [-0.3, -0.25) is 9.61 Å². The van der Waals surface area contributed by atoms with E-state index in [9.17, 15) is 18.3 Å². The van der Waals surface area contributed by atoms with Gasteiger partial charge >= 0.3 is 6.18 Å². The van der Waals surface area contributed by atoms with Crippen molar-refractivity contribution in [1.29, 1.82) is 0 Å². The normalized spacial score (nSPS) is 15.4. The summed E-state index contributed by atoms with van der Waals surface area (Å²) in [6.07, 6.45) is 4.18. The van der Waals surface area contributed by atoms with Gasteiger partial charge in [-0.15, -0.1) is 0 Å². The molecule has 0 radical (unpaired) electrons. The van der Waals surface area contributed by atoms with Gasteiger partial charge in [0.25, 0.3) is 0 Å². The summed E-state index contributed by atoms with van der Waals surface area (Å²) >= 11 is 0. The van der Waals surface area contributed by atoms with Crippen molar-refractivity contribution in [3.8, 4) is 11.3 Å². The number of fused-ring (bicyclic) bond motifs is 2. The largest absolute Gasteiger partial charge is 0.406 e. The summed E-state index contributed by atoms with van der Waals surface area (Å²) < 4.78 is 40.7. The molecule has 0 unspecified atom stereocenters. The molecule has 1 aliphatic rings. The van der Waals surface area contributed by atoms with Gasteiger partial charge in [0.15, 0.2) is 5.65 Å². The number of hydrogen-bond acceptors (Lipinski definition) is 6. The predicted octanol–water partition coefficient (Wildman–Crippen LogP) is 4.62. The third-order valence-corrected chi connectivity index (χ3v) is 5.75. The average molecular weight is 654 g/mol. The van der Waals surface area contributed by atoms with Crippen LogP contribution in [0.3, 0.4) is 0 Å². The van der Waals surface area contributed by atoms with E-state index in [0.29, 0.717) is 22.3 Å². The quantitative estimate of drug-likeness (QED) is 0.312. The summed E-state index contributed by atoms with van der Waals surface area (Å²) in [4.78, 5) is 12.4. The maximum absolute atomic E-state index is 12.7. The van der Waals surface area contributed by atoms with E-state index in [4.69, 9.17) is 5.73 Å². The van der Waals surface area contributed by atoms with Crippen LogP contribution in [0.25, 0.3) is 33.3 Å². The molecule has 4 heterocycles. The molecule has 1 saturated carbocycles. The molecule has 0 aliphatic heterocycles. The topological polar surface area (TPSA) is 121 Å². The molecule has 186 valence electrons. The summed E-state index contributed by atoms with van der Waals surface area (Å²) in [7, 11) is 1.54. The number of pyridine rings is 1. The molecular weight excluding hydrogens is 628 g/mol. The minimum absolute atomic E-state index is 0. The molecule has 13 heteroatoms. The van der Waals surface area contributed by atoms with E-state index >= 15 is 0 Å². The second-order valence-electron chi connectivity index (χ2n) is 8.63. The van der Waals surface area contributed by atoms with E-state index in [-0.39, 0.29) is 48.9 Å². The Balaban J connectivity index is 0.000000325. The van der Waals surface area contributed by atoms with Gasteiger partial charge in [0.1, 0.15) is 12.1 Å². The number of nitrogens with two attached hydrogens (primary N) is 1. The smallest absolute Gasteiger partial charge is 0.395 e. The van der Waals surface area contributed by atoms with Crippen molar-refractivity contribution in [2.24, 2.45) is 0 Å². The second kappa shape index (κ2) is 10.6. The Kier molecular flexibility index (Phi) is 8.20. The van der Waals surface area contributed by atoms with Crippen molar-refractivity contribution in [3.05, 3.63) is 36.0 Å². The fraction of sp³-hybridized carbons (Fsp3) is 0.455. The zero-order valence-corrected chi connectivity index (χ0v) is 23.0. The van der Waals surface area contributed by atoms with Gasteiger partial charge in [-0.05, 0) is 45.0 Å². The van der Waals surface area contributed by atoms with Crippen molar-refractivity contribution in [2.45, 2.75) is 57.3 Å². The summed E-state index contributed by atoms with van der Waals surface area (Å²) in [5, 5.41) is 17.4. The van der Waals surface area contributed by atoms with E-state index in [1.165, 1.54) is 23.8 Å². The first kappa shape index (κ1) is 27.1. The number of nitrogen functional groups attached to an aromatic ring is 1. The van der Waals surface area contributed by atoms with E-state index < -0.39 is 12.7 Å². The van der Waals surface area contributed by atoms with Crippen LogP contribution in [0.1, 0.15) is 39.0 Å². The number of hydrogen-bond donors (Lipinski definition) is 2. The molecular formula is C22H26F3HfN8O-. The van der Waals surface area contributed by atoms with E-state index in [1.807, 2.05) is 6.92 Å². The number of rotatable bonds is 3. The molecule has 9 nitrogen and oxygen atoms in total. The molecule has 1 fully saturated rings. The van der Waals surface area contributed by atoms with Crippen LogP contribution >= 0.6 is 0 Å². The zero-order chi connectivity index (χ0) is 24.5. The van der Waals surface area contributed by atoms with Crippen LogP contribution in [-0.2, 0) is 32.4 Å². The Hall–Kier alpha value is -2.54. The fourth-order valence-electron chi connectivity index (χ4n) is 4.05. The van der Waals surface area contributed by atoms with E-state index in [1.54, 1.807) is 31.4 Å². The zero-order valence-electron chi connectivity index (χ0n) is 19.4. The second-order valence-corrected chi connectivity index (χ2v) is 8.63. The molecule has 3 N–H and O–H groups in total. The molecule has 1 aliphatic carbocycles. The Labute approximate surface area is 218 Å². The first-order chi connectivity index (χ1) is 16.1. The third kappa shape index (κ3) is 6.37. The standard InChI is InChI=1S/C15H12F3N8.C7H14O.Hf/c1-20-14-23-12(19)11-8(4-5-26(11)24-14)9-2-3-10-13(22-9)25(7-21-10)6-15(16,17)18;1-7(8)5-3-2-4-6-7;/h2-5,7H,6H2,1H3,(H2-,19,20,23,24);8H,2-6H2,1H3;/q-1;;. The number of anilines is 1. The Morgan fingerprint density at radius 2 is 1.86 bits per heavy atom. The Morgan fingerprint density at radius 3 is 2.46 bits per heavy atom. The molecule has 5 rings (SSSR count). The van der Waals surface area contributed by atoms with Gasteiger partial charge in [-0.25, -0.2) is 9.97 Å². The van der Waals surface area contributed by atoms with Gasteiger partial charge in [0.2, 0.25) is 0 Å². The number of alkyl halides is 3. The van der Waals surface area contributed by atoms with Gasteiger partial charge in [-0.2, -0.15) is 13.2 Å². The summed E-state index contributed by atoms with van der Waals surface area (Å²) in [6, 6.07) is 5.00. The van der Waals surface area contributed by atoms with Crippen LogP contribution in [0.2, 0.25) is 0 Å². The molecule has 4 aromatic rings. The van der Waals surface area contributed by atoms with E-state index in [2.05, 4.69) is 25.4 Å². The minimum Gasteiger partial charge on any atom is -0.395 e. The van der Waals surface area contributed by atoms with Crippen molar-refractivity contribution >= 4 is 28.4 Å². The molecule has 0 spiro atoms. The van der Waals surface area contributed by atoms with Crippen LogP contribution in [0.5, 0.6) is 0 Å². The van der Waals surface area contributed by atoms with Gasteiger partial charge < -0.3 is 25.7 Å². The van der Waals surface area contributed by atoms with Crippen molar-refractivity contribution in [2.75, 3.05) is 12.8 Å². The molecule has 35 heavy (non-hydrogen) atoms. The van der Waals surface area contributed by atoms with E-state index in [0.717, 1.165) is 23.7 Å². The Morgan fingerprint density at radius 1 is 1.14 bits per heavy atom. The summed E-state index contributed by atoms with van der Waals surface area (Å²) in [6.45, 7) is 0.773. The summed E-state index contributed by atoms with van der Waals surface area (Å²) in [5.41, 5.74) is 7.74. The molecule has 0 aromatic carbocycles. The van der Waals surface area contributed by atoms with Crippen molar-refractivity contribution in [3.63, 3.8) is 0 Å². The fourth-order valence-corrected chi connectivity index (χ4v) is 4.05. The number of halogens is 3. The summed E-state index contributed by atoms with van der Waals surface area (Å²) in [5.74, 6) is 0.426. The van der Waals surface area contributed by atoms with Gasteiger partial charge in [0, 0.05) is 43.6 Å². The van der Waals surface area contributed by atoms with Gasteiger partial charge in [-0.1, -0.05) is 19.3 Å². The third-order valence-electron chi connectivity index (χ3n) is 5.75. The van der Waals surface area contributed by atoms with Crippen LogP contribution in [-0.4, -0.2) is 53.1 Å². The number of aliphatic hydroxyl groups is 1. The molecule has 0 bridgehead atoms. The molecule has 0 atom stereocenters. The number of imidazole rings is 1. The first-order valence-electron chi connectivity index (χ1n) is 10.9. The minimum atomic E-state index is -4.37. The Bertz CT molecular complexity index is 1290. The van der Waals surface area contributed by atoms with Crippen LogP contribution in [0.4, 0.5) is 24.9 Å². The SMILES string of the molecule is CC1(O)CCCCC1.C[N-]c1nc(N)c2c(-c3ccc4ncn(CC(F)(F)F)c4n3)ccn2n1.[Hf]. The number of aromatic nitrogens is 6. The van der Waals surface area contributed by atoms with Gasteiger partial charge in [0.05, 0.1) is 29.0 Å². The maximum Gasteiger partial charge on any atom is 0.406 e. The predicted molar refractivity (Wildman–Crippen MR) is 123 cm³/mol. The maximum atomic E-state index is 12.7. The monoisotopic (exact) mass is 655 g/mol. The molecule has 0 amide bonds. The molecule has 0 saturated heterocycles. The first-order valence-corrected chi connectivity index (χ1v) is 10.9. The van der Waals surface area contributed by atoms with Crippen LogP contribution < -0.4 is 5.73 Å². The average Bonchev–Trinajstić information content (AvgIpc) is 3.37. The molecule has 4 aromatic heterocycles. The van der Waals surface area contributed by atoms with Crippen LogP contribution in [0, 0.1) is 0 Å². The number of nitrogens with zero attached hydrogens (tertiary/aromatic N) is 7. The van der Waals surface area contributed by atoms with Crippen molar-refractivity contribution < 1.29 is 44.1 Å². The van der Waals surface area contributed by atoms with Crippen molar-refractivity contribution in [1.82, 2.24) is 29.1 Å².